The van der Waals surface area contributed by atoms with Crippen LogP contribution < -0.4 is 5.32 Å². The highest BCUT2D eigenvalue weighted by atomic mass is 19.1. The van der Waals surface area contributed by atoms with Gasteiger partial charge in [0.1, 0.15) is 5.82 Å². The summed E-state index contributed by atoms with van der Waals surface area (Å²) in [6.07, 6.45) is 15.0. The largest absolute Gasteiger partial charge is 0.383 e. The van der Waals surface area contributed by atoms with Gasteiger partial charge in [-0.1, -0.05) is 27.4 Å². The summed E-state index contributed by atoms with van der Waals surface area (Å²) < 4.78 is 14.0. The normalized spacial score (nSPS) is 39.8. The molecule has 1 N–H and O–H groups in total. The fourth-order valence-electron chi connectivity index (χ4n) is 9.75. The van der Waals surface area contributed by atoms with Gasteiger partial charge in [-0.15, -0.1) is 0 Å². The van der Waals surface area contributed by atoms with Crippen LogP contribution in [-0.2, 0) is 0 Å². The summed E-state index contributed by atoms with van der Waals surface area (Å²) in [5.74, 6) is 2.42. The van der Waals surface area contributed by atoms with Gasteiger partial charge in [-0.05, 0) is 129 Å². The van der Waals surface area contributed by atoms with Gasteiger partial charge in [-0.2, -0.15) is 0 Å². The Morgan fingerprint density at radius 1 is 1.03 bits per heavy atom. The van der Waals surface area contributed by atoms with Gasteiger partial charge in [0.2, 0.25) is 0 Å². The Bertz CT molecular complexity index is 1100. The predicted octanol–water partition coefficient (Wildman–Crippen LogP) is 8.14. The molecule has 2 aromatic rings. The van der Waals surface area contributed by atoms with Crippen LogP contribution in [0.1, 0.15) is 96.5 Å². The van der Waals surface area contributed by atoms with Crippen molar-refractivity contribution in [3.05, 3.63) is 54.1 Å². The lowest BCUT2D eigenvalue weighted by Gasteiger charge is -2.66. The molecule has 1 aromatic heterocycles. The molecule has 0 radical (unpaired) electrons. The molecule has 7 rings (SSSR count). The molecule has 5 saturated carbocycles. The lowest BCUT2D eigenvalue weighted by Crippen LogP contribution is -2.64. The van der Waals surface area contributed by atoms with Gasteiger partial charge < -0.3 is 5.32 Å². The number of allylic oxidation sites excluding steroid dienone is 1. The number of hydrogen-bond donors (Lipinski definition) is 1. The molecule has 1 heterocycles. The molecule has 1 aromatic carbocycles. The maximum atomic E-state index is 14.0. The van der Waals surface area contributed by atoms with Crippen LogP contribution in [-0.4, -0.2) is 10.5 Å². The van der Waals surface area contributed by atoms with E-state index in [1.807, 2.05) is 12.3 Å². The van der Waals surface area contributed by atoms with Gasteiger partial charge in [0, 0.05) is 22.8 Å². The SMILES string of the molecule is C=C(NC12CC3CC(C)(CC(C)(C3)C1)C2)[C@H](C)C1CCC(c2ccnc3ccc(F)cc23)CC1. The van der Waals surface area contributed by atoms with E-state index in [1.54, 1.807) is 6.07 Å². The van der Waals surface area contributed by atoms with E-state index in [0.29, 0.717) is 28.6 Å². The van der Waals surface area contributed by atoms with E-state index in [9.17, 15) is 4.39 Å². The maximum Gasteiger partial charge on any atom is 0.123 e. The minimum absolute atomic E-state index is 0.168. The monoisotopic (exact) mass is 460 g/mol. The highest BCUT2D eigenvalue weighted by Gasteiger charge is 2.60. The number of pyridine rings is 1. The second-order valence-corrected chi connectivity index (χ2v) is 13.5. The molecule has 3 atom stereocenters. The maximum absolute atomic E-state index is 14.0. The van der Waals surface area contributed by atoms with Crippen LogP contribution in [0, 0.1) is 34.4 Å². The molecule has 182 valence electrons. The van der Waals surface area contributed by atoms with Gasteiger partial charge in [-0.25, -0.2) is 4.39 Å². The zero-order valence-corrected chi connectivity index (χ0v) is 21.3. The lowest BCUT2D eigenvalue weighted by molar-refractivity contribution is -0.115. The summed E-state index contributed by atoms with van der Waals surface area (Å²) in [6.45, 7) is 12.1. The molecule has 0 aliphatic heterocycles. The Balaban J connectivity index is 1.12. The van der Waals surface area contributed by atoms with E-state index in [-0.39, 0.29) is 11.4 Å². The van der Waals surface area contributed by atoms with Crippen molar-refractivity contribution in [3.63, 3.8) is 0 Å². The average Bonchev–Trinajstić information content (AvgIpc) is 2.75. The molecule has 2 nitrogen and oxygen atoms in total. The fourth-order valence-corrected chi connectivity index (χ4v) is 9.75. The Hall–Kier alpha value is -1.90. The number of halogens is 1. The predicted molar refractivity (Wildman–Crippen MR) is 138 cm³/mol. The van der Waals surface area contributed by atoms with Crippen LogP contribution in [0.5, 0.6) is 0 Å². The van der Waals surface area contributed by atoms with Crippen LogP contribution in [0.2, 0.25) is 0 Å². The molecule has 5 aliphatic rings. The second-order valence-electron chi connectivity index (χ2n) is 13.5. The summed E-state index contributed by atoms with van der Waals surface area (Å²) >= 11 is 0. The minimum Gasteiger partial charge on any atom is -0.383 e. The van der Waals surface area contributed by atoms with Crippen molar-refractivity contribution in [3.8, 4) is 0 Å². The first-order chi connectivity index (χ1) is 16.1. The number of nitrogens with one attached hydrogen (secondary N) is 1. The molecule has 4 bridgehead atoms. The molecule has 5 aliphatic carbocycles. The quantitative estimate of drug-likeness (QED) is 0.487. The van der Waals surface area contributed by atoms with Crippen LogP contribution in [0.4, 0.5) is 4.39 Å². The standard InChI is InChI=1S/C31H41FN2/c1-20(21(2)34-31-16-22-14-29(3,18-31)17-30(4,15-22)19-31)23-5-7-24(8-6-23)26-11-12-33-28-10-9-25(32)13-27(26)28/h9-13,20,22-24,34H,2,5-8,14-19H2,1,3-4H3/t20-,22?,23?,24?,29?,30?,31?/m0/s1. The Labute approximate surface area is 204 Å². The van der Waals surface area contributed by atoms with E-state index < -0.39 is 0 Å². The molecule has 0 saturated heterocycles. The molecule has 0 spiro atoms. The second kappa shape index (κ2) is 7.80. The number of aromatic nitrogens is 1. The van der Waals surface area contributed by atoms with Crippen LogP contribution in [0.25, 0.3) is 10.9 Å². The van der Waals surface area contributed by atoms with Crippen molar-refractivity contribution < 1.29 is 4.39 Å². The summed E-state index contributed by atoms with van der Waals surface area (Å²) in [4.78, 5) is 4.46. The molecule has 5 fully saturated rings. The van der Waals surface area contributed by atoms with Crippen molar-refractivity contribution in [1.82, 2.24) is 10.3 Å². The molecule has 0 amide bonds. The summed E-state index contributed by atoms with van der Waals surface area (Å²) in [5.41, 5.74) is 4.80. The Morgan fingerprint density at radius 3 is 2.41 bits per heavy atom. The molecular weight excluding hydrogens is 419 g/mol. The van der Waals surface area contributed by atoms with Crippen molar-refractivity contribution in [1.29, 1.82) is 0 Å². The number of rotatable bonds is 5. The average molecular weight is 461 g/mol. The first-order valence-corrected chi connectivity index (χ1v) is 13.7. The number of nitrogens with zero attached hydrogens (tertiary/aromatic N) is 1. The first kappa shape index (κ1) is 22.6. The molecular formula is C31H41FN2. The topological polar surface area (TPSA) is 24.9 Å². The van der Waals surface area contributed by atoms with Crippen molar-refractivity contribution in [2.45, 2.75) is 96.4 Å². The van der Waals surface area contributed by atoms with Crippen LogP contribution in [0.15, 0.2) is 42.7 Å². The number of fused-ring (bicyclic) bond motifs is 1. The Morgan fingerprint density at radius 2 is 1.74 bits per heavy atom. The summed E-state index contributed by atoms with van der Waals surface area (Å²) in [5, 5.41) is 5.10. The van der Waals surface area contributed by atoms with E-state index >= 15 is 0 Å². The minimum atomic E-state index is -0.168. The van der Waals surface area contributed by atoms with Crippen LogP contribution >= 0.6 is 0 Å². The first-order valence-electron chi connectivity index (χ1n) is 13.7. The zero-order valence-electron chi connectivity index (χ0n) is 21.3. The van der Waals surface area contributed by atoms with Gasteiger partial charge in [0.05, 0.1) is 5.52 Å². The summed E-state index contributed by atoms with van der Waals surface area (Å²) in [7, 11) is 0. The van der Waals surface area contributed by atoms with Gasteiger partial charge in [0.25, 0.3) is 0 Å². The third kappa shape index (κ3) is 3.88. The zero-order chi connectivity index (χ0) is 23.7. The fraction of sp³-hybridized carbons (Fsp3) is 0.645. The van der Waals surface area contributed by atoms with Crippen molar-refractivity contribution >= 4 is 10.9 Å². The van der Waals surface area contributed by atoms with Gasteiger partial charge in [0.15, 0.2) is 0 Å². The smallest absolute Gasteiger partial charge is 0.123 e. The van der Waals surface area contributed by atoms with E-state index in [2.05, 4.69) is 43.7 Å². The number of benzene rings is 1. The third-order valence-electron chi connectivity index (χ3n) is 10.3. The molecule has 2 unspecified atom stereocenters. The van der Waals surface area contributed by atoms with Crippen LogP contribution in [0.3, 0.4) is 0 Å². The molecule has 3 heteroatoms. The summed E-state index contributed by atoms with van der Waals surface area (Å²) in [6, 6.07) is 7.11. The van der Waals surface area contributed by atoms with Crippen molar-refractivity contribution in [2.75, 3.05) is 0 Å². The van der Waals surface area contributed by atoms with E-state index in [4.69, 9.17) is 0 Å². The van der Waals surface area contributed by atoms with Gasteiger partial charge >= 0.3 is 0 Å². The highest BCUT2D eigenvalue weighted by molar-refractivity contribution is 5.82. The Kier molecular flexibility index (Phi) is 5.18. The van der Waals surface area contributed by atoms with E-state index in [1.165, 1.54) is 81.5 Å². The highest BCUT2D eigenvalue weighted by Crippen LogP contribution is 2.66. The van der Waals surface area contributed by atoms with Gasteiger partial charge in [-0.3, -0.25) is 4.98 Å². The lowest BCUT2D eigenvalue weighted by atomic mass is 9.42. The van der Waals surface area contributed by atoms with Crippen molar-refractivity contribution in [2.24, 2.45) is 28.6 Å². The number of hydrogen-bond acceptors (Lipinski definition) is 2. The molecule has 34 heavy (non-hydrogen) atoms. The van der Waals surface area contributed by atoms with E-state index in [0.717, 1.165) is 16.8 Å². The third-order valence-corrected chi connectivity index (χ3v) is 10.3.